The van der Waals surface area contributed by atoms with Crippen molar-refractivity contribution in [2.45, 2.75) is 38.8 Å². The van der Waals surface area contributed by atoms with Crippen LogP contribution >= 0.6 is 0 Å². The molecule has 21 heavy (non-hydrogen) atoms. The van der Waals surface area contributed by atoms with Crippen molar-refractivity contribution in [1.29, 1.82) is 5.26 Å². The molecule has 5 heteroatoms. The van der Waals surface area contributed by atoms with Crippen molar-refractivity contribution >= 4 is 11.7 Å². The van der Waals surface area contributed by atoms with E-state index in [-0.39, 0.29) is 12.1 Å². The number of anilines is 1. The molecule has 0 spiro atoms. The van der Waals surface area contributed by atoms with Gasteiger partial charge in [0.15, 0.2) is 0 Å². The lowest BCUT2D eigenvalue weighted by Gasteiger charge is -2.39. The first-order chi connectivity index (χ1) is 10.2. The second-order valence-electron chi connectivity index (χ2n) is 5.35. The monoisotopic (exact) mass is 286 g/mol. The molecule has 1 fully saturated rings. The number of amides is 2. The summed E-state index contributed by atoms with van der Waals surface area (Å²) in [6.07, 6.45) is 1.93. The molecule has 0 aliphatic carbocycles. The maximum atomic E-state index is 12.5. The molecule has 2 amide bonds. The van der Waals surface area contributed by atoms with Gasteiger partial charge in [0.2, 0.25) is 0 Å². The van der Waals surface area contributed by atoms with Gasteiger partial charge < -0.3 is 15.5 Å². The second kappa shape index (κ2) is 7.09. The van der Waals surface area contributed by atoms with Crippen LogP contribution in [0.2, 0.25) is 0 Å². The number of hydrogen-bond donors (Lipinski definition) is 2. The fourth-order valence-corrected chi connectivity index (χ4v) is 2.61. The lowest BCUT2D eigenvalue weighted by atomic mass is 10.1. The van der Waals surface area contributed by atoms with Gasteiger partial charge >= 0.3 is 6.03 Å². The summed E-state index contributed by atoms with van der Waals surface area (Å²) >= 11 is 0. The van der Waals surface area contributed by atoms with Crippen molar-refractivity contribution in [2.24, 2.45) is 0 Å². The number of rotatable bonds is 3. The fraction of sp³-hybridized carbons (Fsp3) is 0.500. The molecule has 0 aromatic heterocycles. The molecule has 1 aliphatic heterocycles. The lowest BCUT2D eigenvalue weighted by molar-refractivity contribution is 0.147. The van der Waals surface area contributed by atoms with Gasteiger partial charge in [-0.15, -0.1) is 0 Å². The van der Waals surface area contributed by atoms with Gasteiger partial charge in [0, 0.05) is 30.9 Å². The molecule has 5 nitrogen and oxygen atoms in total. The molecule has 1 heterocycles. The van der Waals surface area contributed by atoms with E-state index in [1.54, 1.807) is 24.3 Å². The largest absolute Gasteiger partial charge is 0.322 e. The summed E-state index contributed by atoms with van der Waals surface area (Å²) in [5.74, 6) is 0. The van der Waals surface area contributed by atoms with Crippen LogP contribution in [0.3, 0.4) is 0 Å². The summed E-state index contributed by atoms with van der Waals surface area (Å²) in [6.45, 7) is 5.77. The number of nitrogens with one attached hydrogen (secondary N) is 2. The zero-order valence-electron chi connectivity index (χ0n) is 12.6. The molecule has 2 atom stereocenters. The van der Waals surface area contributed by atoms with Crippen LogP contribution in [0, 0.1) is 11.3 Å². The van der Waals surface area contributed by atoms with Crippen LogP contribution in [-0.4, -0.2) is 36.1 Å². The number of nitrogens with zero attached hydrogens (tertiary/aromatic N) is 2. The minimum atomic E-state index is -0.0862. The highest BCUT2D eigenvalue weighted by Crippen LogP contribution is 2.16. The first-order valence-corrected chi connectivity index (χ1v) is 7.49. The number of carbonyl (C=O) groups excluding carboxylic acids is 1. The molecule has 0 saturated carbocycles. The van der Waals surface area contributed by atoms with Crippen molar-refractivity contribution in [2.75, 3.05) is 18.4 Å². The smallest absolute Gasteiger partial charge is 0.319 e. The predicted octanol–water partition coefficient (Wildman–Crippen LogP) is 2.55. The van der Waals surface area contributed by atoms with Crippen LogP contribution in [0.1, 0.15) is 32.3 Å². The van der Waals surface area contributed by atoms with E-state index in [1.807, 2.05) is 4.90 Å². The highest BCUT2D eigenvalue weighted by molar-refractivity contribution is 5.89. The Morgan fingerprint density at radius 2 is 2.29 bits per heavy atom. The Bertz CT molecular complexity index is 537. The van der Waals surface area contributed by atoms with Crippen molar-refractivity contribution in [3.05, 3.63) is 29.8 Å². The Morgan fingerprint density at radius 1 is 1.48 bits per heavy atom. The number of nitriles is 1. The van der Waals surface area contributed by atoms with E-state index in [0.29, 0.717) is 17.3 Å². The average molecular weight is 286 g/mol. The first kappa shape index (κ1) is 15.3. The van der Waals surface area contributed by atoms with E-state index in [4.69, 9.17) is 5.26 Å². The Morgan fingerprint density at radius 3 is 2.95 bits per heavy atom. The summed E-state index contributed by atoms with van der Waals surface area (Å²) in [5.41, 5.74) is 1.21. The zero-order chi connectivity index (χ0) is 15.2. The summed E-state index contributed by atoms with van der Waals surface area (Å²) < 4.78 is 0. The molecular weight excluding hydrogens is 264 g/mol. The minimum absolute atomic E-state index is 0.0862. The summed E-state index contributed by atoms with van der Waals surface area (Å²) in [5, 5.41) is 15.3. The number of hydrogen-bond acceptors (Lipinski definition) is 3. The van der Waals surface area contributed by atoms with Gasteiger partial charge in [-0.2, -0.15) is 5.26 Å². The molecule has 112 valence electrons. The third-order valence-electron chi connectivity index (χ3n) is 3.97. The van der Waals surface area contributed by atoms with Crippen molar-refractivity contribution in [3.8, 4) is 6.07 Å². The maximum Gasteiger partial charge on any atom is 0.322 e. The minimum Gasteiger partial charge on any atom is -0.319 e. The standard InChI is InChI=1S/C16H22N4O/c1-3-13-11-20(15(4-2)10-18-13)16(21)19-14-7-5-6-12(8-14)9-17/h5-8,13,15,18H,3-4,10-11H2,1-2H3,(H,19,21). The van der Waals surface area contributed by atoms with Gasteiger partial charge in [-0.1, -0.05) is 19.9 Å². The third-order valence-corrected chi connectivity index (χ3v) is 3.97. The van der Waals surface area contributed by atoms with Gasteiger partial charge in [-0.05, 0) is 31.0 Å². The third kappa shape index (κ3) is 3.73. The summed E-state index contributed by atoms with van der Waals surface area (Å²) in [6, 6.07) is 9.56. The van der Waals surface area contributed by atoms with E-state index in [2.05, 4.69) is 30.6 Å². The average Bonchev–Trinajstić information content (AvgIpc) is 2.54. The van der Waals surface area contributed by atoms with Crippen molar-refractivity contribution in [3.63, 3.8) is 0 Å². The fourth-order valence-electron chi connectivity index (χ4n) is 2.61. The summed E-state index contributed by atoms with van der Waals surface area (Å²) in [7, 11) is 0. The SMILES string of the molecule is CCC1CN(C(=O)Nc2cccc(C#N)c2)C(CC)CN1. The van der Waals surface area contributed by atoms with E-state index in [9.17, 15) is 4.79 Å². The summed E-state index contributed by atoms with van der Waals surface area (Å²) in [4.78, 5) is 14.4. The van der Waals surface area contributed by atoms with E-state index < -0.39 is 0 Å². The van der Waals surface area contributed by atoms with E-state index in [0.717, 1.165) is 25.9 Å². The van der Waals surface area contributed by atoms with Gasteiger partial charge in [0.05, 0.1) is 11.6 Å². The maximum absolute atomic E-state index is 12.5. The van der Waals surface area contributed by atoms with Crippen LogP contribution in [0.5, 0.6) is 0 Å². The van der Waals surface area contributed by atoms with Crippen LogP contribution < -0.4 is 10.6 Å². The zero-order valence-corrected chi connectivity index (χ0v) is 12.6. The van der Waals surface area contributed by atoms with Crippen LogP contribution in [-0.2, 0) is 0 Å². The molecule has 2 rings (SSSR count). The van der Waals surface area contributed by atoms with E-state index in [1.165, 1.54) is 0 Å². The van der Waals surface area contributed by atoms with Crippen LogP contribution in [0.25, 0.3) is 0 Å². The Kier molecular flexibility index (Phi) is 5.18. The Balaban J connectivity index is 2.08. The number of carbonyl (C=O) groups is 1. The molecule has 1 aliphatic rings. The second-order valence-corrected chi connectivity index (χ2v) is 5.35. The Hall–Kier alpha value is -2.06. The molecule has 0 radical (unpaired) electrons. The molecule has 2 unspecified atom stereocenters. The van der Waals surface area contributed by atoms with Crippen LogP contribution in [0.4, 0.5) is 10.5 Å². The lowest BCUT2D eigenvalue weighted by Crippen LogP contribution is -2.58. The predicted molar refractivity (Wildman–Crippen MR) is 83.0 cm³/mol. The molecular formula is C16H22N4O. The van der Waals surface area contributed by atoms with Gasteiger partial charge in [0.1, 0.15) is 0 Å². The van der Waals surface area contributed by atoms with Gasteiger partial charge in [0.25, 0.3) is 0 Å². The highest BCUT2D eigenvalue weighted by Gasteiger charge is 2.29. The highest BCUT2D eigenvalue weighted by atomic mass is 16.2. The number of urea groups is 1. The van der Waals surface area contributed by atoms with Crippen molar-refractivity contribution < 1.29 is 4.79 Å². The molecule has 1 aromatic carbocycles. The molecule has 0 bridgehead atoms. The number of piperazine rings is 1. The number of benzene rings is 1. The van der Waals surface area contributed by atoms with Crippen LogP contribution in [0.15, 0.2) is 24.3 Å². The first-order valence-electron chi connectivity index (χ1n) is 7.49. The normalized spacial score (nSPS) is 21.7. The van der Waals surface area contributed by atoms with Gasteiger partial charge in [-0.3, -0.25) is 0 Å². The topological polar surface area (TPSA) is 68.2 Å². The quantitative estimate of drug-likeness (QED) is 0.897. The van der Waals surface area contributed by atoms with E-state index >= 15 is 0 Å². The van der Waals surface area contributed by atoms with Crippen molar-refractivity contribution in [1.82, 2.24) is 10.2 Å². The molecule has 2 N–H and O–H groups in total. The molecule has 1 saturated heterocycles. The van der Waals surface area contributed by atoms with Gasteiger partial charge in [-0.25, -0.2) is 4.79 Å². The molecule has 1 aromatic rings. The Labute approximate surface area is 125 Å².